The van der Waals surface area contributed by atoms with Gasteiger partial charge in [0.15, 0.2) is 11.7 Å². The van der Waals surface area contributed by atoms with Crippen LogP contribution < -0.4 is 5.32 Å². The Labute approximate surface area is 142 Å². The molecule has 0 bridgehead atoms. The van der Waals surface area contributed by atoms with E-state index in [1.54, 1.807) is 18.2 Å². The molecule has 1 atom stereocenters. The second-order valence-electron chi connectivity index (χ2n) is 4.87. The summed E-state index contributed by atoms with van der Waals surface area (Å²) in [5.41, 5.74) is 0.652. The monoisotopic (exact) mass is 356 g/mol. The van der Waals surface area contributed by atoms with Crippen LogP contribution in [0.2, 0.25) is 10.0 Å². The average molecular weight is 357 g/mol. The van der Waals surface area contributed by atoms with Crippen LogP contribution in [0.1, 0.15) is 19.2 Å². The summed E-state index contributed by atoms with van der Waals surface area (Å²) in [6, 6.07) is 4.07. The largest absolute Gasteiger partial charge is 0.480 e. The van der Waals surface area contributed by atoms with Crippen LogP contribution in [0.3, 0.4) is 0 Å². The number of nitrogens with one attached hydrogen (secondary N) is 1. The lowest BCUT2D eigenvalue weighted by Gasteiger charge is -2.08. The van der Waals surface area contributed by atoms with Crippen LogP contribution in [0.5, 0.6) is 0 Å². The minimum atomic E-state index is -1.09. The summed E-state index contributed by atoms with van der Waals surface area (Å²) in [4.78, 5) is 26.4. The van der Waals surface area contributed by atoms with Crippen molar-refractivity contribution in [3.8, 4) is 11.3 Å². The van der Waals surface area contributed by atoms with Gasteiger partial charge in [0.25, 0.3) is 0 Å². The maximum absolute atomic E-state index is 11.6. The highest BCUT2D eigenvalue weighted by Gasteiger charge is 2.15. The smallest absolute Gasteiger partial charge is 0.325 e. The number of amides is 1. The molecule has 2 rings (SSSR count). The summed E-state index contributed by atoms with van der Waals surface area (Å²) >= 11 is 11.9. The van der Waals surface area contributed by atoms with Crippen LogP contribution in [0.25, 0.3) is 11.3 Å². The number of nitrogens with zero attached hydrogens (tertiary/aromatic N) is 1. The van der Waals surface area contributed by atoms with E-state index in [9.17, 15) is 9.59 Å². The molecule has 1 aromatic carbocycles. The summed E-state index contributed by atoms with van der Waals surface area (Å²) in [5.74, 6) is -0.636. The third-order valence-electron chi connectivity index (χ3n) is 3.06. The van der Waals surface area contributed by atoms with Crippen LogP contribution in [0.4, 0.5) is 0 Å². The third kappa shape index (κ3) is 4.71. The molecule has 2 aromatic rings. The van der Waals surface area contributed by atoms with E-state index < -0.39 is 12.0 Å². The Balaban J connectivity index is 1.97. The van der Waals surface area contributed by atoms with Gasteiger partial charge in [-0.1, -0.05) is 23.2 Å². The van der Waals surface area contributed by atoms with Gasteiger partial charge in [0, 0.05) is 23.4 Å². The van der Waals surface area contributed by atoms with Crippen LogP contribution in [-0.2, 0) is 16.0 Å². The lowest BCUT2D eigenvalue weighted by molar-refractivity contribution is -0.141. The number of hydrogen-bond acceptors (Lipinski definition) is 4. The number of aromatic nitrogens is 1. The van der Waals surface area contributed by atoms with Gasteiger partial charge in [-0.15, -0.1) is 0 Å². The number of oxazole rings is 1. The first kappa shape index (κ1) is 17.3. The molecule has 6 nitrogen and oxygen atoms in total. The molecule has 0 aliphatic carbocycles. The van der Waals surface area contributed by atoms with Gasteiger partial charge in [-0.05, 0) is 25.1 Å². The molecule has 1 aromatic heterocycles. The first-order valence-corrected chi connectivity index (χ1v) is 7.54. The second-order valence-corrected chi connectivity index (χ2v) is 5.71. The number of halogens is 2. The summed E-state index contributed by atoms with van der Waals surface area (Å²) in [7, 11) is 0. The van der Waals surface area contributed by atoms with E-state index in [2.05, 4.69) is 10.3 Å². The molecule has 0 unspecified atom stereocenters. The zero-order chi connectivity index (χ0) is 17.0. The quantitative estimate of drug-likeness (QED) is 0.828. The van der Waals surface area contributed by atoms with Crippen molar-refractivity contribution in [3.05, 3.63) is 40.3 Å². The fourth-order valence-electron chi connectivity index (χ4n) is 1.84. The zero-order valence-corrected chi connectivity index (χ0v) is 13.7. The molecule has 0 spiro atoms. The lowest BCUT2D eigenvalue weighted by atomic mass is 10.2. The summed E-state index contributed by atoms with van der Waals surface area (Å²) in [6.07, 6.45) is 1.84. The van der Waals surface area contributed by atoms with E-state index in [1.165, 1.54) is 13.1 Å². The molecule has 23 heavy (non-hydrogen) atoms. The molecule has 0 aliphatic rings. The van der Waals surface area contributed by atoms with Gasteiger partial charge in [-0.2, -0.15) is 0 Å². The fourth-order valence-corrected chi connectivity index (χ4v) is 2.34. The predicted octanol–water partition coefficient (Wildman–Crippen LogP) is 3.17. The Hall–Kier alpha value is -2.05. The summed E-state index contributed by atoms with van der Waals surface area (Å²) < 4.78 is 5.56. The van der Waals surface area contributed by atoms with Gasteiger partial charge in [-0.3, -0.25) is 9.59 Å². The molecule has 0 aliphatic heterocycles. The van der Waals surface area contributed by atoms with Crippen molar-refractivity contribution in [2.24, 2.45) is 0 Å². The van der Waals surface area contributed by atoms with Crippen molar-refractivity contribution >= 4 is 35.1 Å². The minimum absolute atomic E-state index is 0.0753. The predicted molar refractivity (Wildman–Crippen MR) is 85.5 cm³/mol. The number of carbonyl (C=O) groups is 2. The van der Waals surface area contributed by atoms with Gasteiger partial charge in [0.1, 0.15) is 6.04 Å². The molecule has 2 N–H and O–H groups in total. The van der Waals surface area contributed by atoms with E-state index in [4.69, 9.17) is 32.7 Å². The Kier molecular flexibility index (Phi) is 5.63. The van der Waals surface area contributed by atoms with Crippen molar-refractivity contribution in [2.45, 2.75) is 25.8 Å². The molecular weight excluding hydrogens is 343 g/mol. The normalized spacial score (nSPS) is 12.0. The average Bonchev–Trinajstić information content (AvgIpc) is 2.93. The minimum Gasteiger partial charge on any atom is -0.480 e. The van der Waals surface area contributed by atoms with Crippen LogP contribution in [0, 0.1) is 0 Å². The lowest BCUT2D eigenvalue weighted by Crippen LogP contribution is -2.38. The fraction of sp³-hybridized carbons (Fsp3) is 0.267. The number of benzene rings is 1. The molecule has 122 valence electrons. The number of carboxylic acid groups (broad SMARTS) is 1. The van der Waals surface area contributed by atoms with Crippen molar-refractivity contribution in [1.29, 1.82) is 0 Å². The van der Waals surface area contributed by atoms with Gasteiger partial charge in [0.2, 0.25) is 5.91 Å². The maximum Gasteiger partial charge on any atom is 0.325 e. The van der Waals surface area contributed by atoms with Crippen LogP contribution >= 0.6 is 23.2 Å². The Morgan fingerprint density at radius 2 is 2.13 bits per heavy atom. The standard InChI is InChI=1S/C15H14Cl2N2O4/c1-8(15(21)22)19-13(20)4-5-14-18-7-12(23-14)10-3-2-9(16)6-11(10)17/h2-3,6-8H,4-5H2,1H3,(H,19,20)(H,21,22)/t8-/m1/s1. The number of aliphatic carboxylic acids is 1. The molecule has 1 heterocycles. The van der Waals surface area contributed by atoms with Gasteiger partial charge in [0.05, 0.1) is 11.2 Å². The molecule has 0 fully saturated rings. The molecule has 1 amide bonds. The van der Waals surface area contributed by atoms with Crippen LogP contribution in [0.15, 0.2) is 28.8 Å². The van der Waals surface area contributed by atoms with E-state index in [1.807, 2.05) is 0 Å². The van der Waals surface area contributed by atoms with Crippen LogP contribution in [-0.4, -0.2) is 28.0 Å². The van der Waals surface area contributed by atoms with E-state index in [0.29, 0.717) is 27.3 Å². The van der Waals surface area contributed by atoms with Crippen molar-refractivity contribution in [2.75, 3.05) is 0 Å². The highest BCUT2D eigenvalue weighted by atomic mass is 35.5. The first-order valence-electron chi connectivity index (χ1n) is 6.79. The molecular formula is C15H14Cl2N2O4. The number of carbonyl (C=O) groups excluding carboxylic acids is 1. The van der Waals surface area contributed by atoms with Gasteiger partial charge in [-0.25, -0.2) is 4.98 Å². The number of rotatable bonds is 6. The molecule has 0 saturated heterocycles. The van der Waals surface area contributed by atoms with E-state index >= 15 is 0 Å². The summed E-state index contributed by atoms with van der Waals surface area (Å²) in [5, 5.41) is 12.0. The van der Waals surface area contributed by atoms with Gasteiger partial charge >= 0.3 is 5.97 Å². The van der Waals surface area contributed by atoms with E-state index in [0.717, 1.165) is 0 Å². The summed E-state index contributed by atoms with van der Waals surface area (Å²) in [6.45, 7) is 1.39. The number of carboxylic acids is 1. The number of hydrogen-bond donors (Lipinski definition) is 2. The van der Waals surface area contributed by atoms with E-state index in [-0.39, 0.29) is 18.7 Å². The van der Waals surface area contributed by atoms with Crippen molar-refractivity contribution < 1.29 is 19.1 Å². The Bertz CT molecular complexity index is 730. The highest BCUT2D eigenvalue weighted by Crippen LogP contribution is 2.30. The topological polar surface area (TPSA) is 92.4 Å². The zero-order valence-electron chi connectivity index (χ0n) is 12.2. The highest BCUT2D eigenvalue weighted by molar-refractivity contribution is 6.36. The third-order valence-corrected chi connectivity index (χ3v) is 3.61. The number of aryl methyl sites for hydroxylation is 1. The maximum atomic E-state index is 11.6. The van der Waals surface area contributed by atoms with Crippen molar-refractivity contribution in [1.82, 2.24) is 10.3 Å². The molecule has 0 radical (unpaired) electrons. The molecule has 0 saturated carbocycles. The SMILES string of the molecule is C[C@@H](NC(=O)CCc1ncc(-c2ccc(Cl)cc2Cl)o1)C(=O)O. The van der Waals surface area contributed by atoms with Crippen molar-refractivity contribution in [3.63, 3.8) is 0 Å². The Morgan fingerprint density at radius 1 is 1.39 bits per heavy atom. The molecule has 8 heteroatoms. The van der Waals surface area contributed by atoms with Gasteiger partial charge < -0.3 is 14.8 Å². The first-order chi connectivity index (χ1) is 10.9. The Morgan fingerprint density at radius 3 is 2.78 bits per heavy atom. The second kappa shape index (κ2) is 7.48.